The average Bonchev–Trinajstić information content (AvgIpc) is 3.05. The standard InChI is InChI=1S/C17H11F2NO3S2/c18-11-5-7-12(8-6-11)25(22,23)16-10-9-15(24-16)20-17(21)13-3-1-2-4-14(13)19/h1-10H,(H,20,21). The SMILES string of the molecule is O=C(Nc1ccc(S(=O)(=O)c2ccc(F)cc2)s1)c1ccccc1F. The second kappa shape index (κ2) is 6.73. The highest BCUT2D eigenvalue weighted by Crippen LogP contribution is 2.31. The lowest BCUT2D eigenvalue weighted by Crippen LogP contribution is -2.12. The third-order valence-electron chi connectivity index (χ3n) is 3.33. The Morgan fingerprint density at radius 2 is 1.60 bits per heavy atom. The van der Waals surface area contributed by atoms with Crippen molar-refractivity contribution < 1.29 is 22.0 Å². The van der Waals surface area contributed by atoms with E-state index in [2.05, 4.69) is 5.32 Å². The van der Waals surface area contributed by atoms with E-state index in [1.165, 1.54) is 42.5 Å². The summed E-state index contributed by atoms with van der Waals surface area (Å²) in [4.78, 5) is 12.0. The van der Waals surface area contributed by atoms with Gasteiger partial charge in [-0.15, -0.1) is 11.3 Å². The fraction of sp³-hybridized carbons (Fsp3) is 0. The molecular formula is C17H11F2NO3S2. The minimum atomic E-state index is -3.82. The Kier molecular flexibility index (Phi) is 4.65. The van der Waals surface area contributed by atoms with Crippen molar-refractivity contribution >= 4 is 32.1 Å². The lowest BCUT2D eigenvalue weighted by Gasteiger charge is -2.04. The van der Waals surface area contributed by atoms with E-state index >= 15 is 0 Å². The molecule has 0 aliphatic heterocycles. The lowest BCUT2D eigenvalue weighted by molar-refractivity contribution is 0.102. The summed E-state index contributed by atoms with van der Waals surface area (Å²) >= 11 is 0.832. The van der Waals surface area contributed by atoms with Crippen molar-refractivity contribution in [1.29, 1.82) is 0 Å². The molecule has 4 nitrogen and oxygen atoms in total. The highest BCUT2D eigenvalue weighted by Gasteiger charge is 2.21. The molecule has 0 unspecified atom stereocenters. The van der Waals surface area contributed by atoms with Crippen LogP contribution in [0.3, 0.4) is 0 Å². The summed E-state index contributed by atoms with van der Waals surface area (Å²) in [5.41, 5.74) is -0.140. The number of hydrogen-bond acceptors (Lipinski definition) is 4. The first kappa shape index (κ1) is 17.2. The molecule has 25 heavy (non-hydrogen) atoms. The van der Waals surface area contributed by atoms with Gasteiger partial charge in [0.25, 0.3) is 5.91 Å². The second-order valence-corrected chi connectivity index (χ2v) is 8.27. The van der Waals surface area contributed by atoms with E-state index in [1.807, 2.05) is 0 Å². The Hall–Kier alpha value is -2.58. The normalized spacial score (nSPS) is 11.3. The van der Waals surface area contributed by atoms with Gasteiger partial charge in [0.2, 0.25) is 9.84 Å². The van der Waals surface area contributed by atoms with Crippen LogP contribution in [0.4, 0.5) is 13.8 Å². The predicted molar refractivity (Wildman–Crippen MR) is 90.5 cm³/mol. The number of hydrogen-bond donors (Lipinski definition) is 1. The monoisotopic (exact) mass is 379 g/mol. The molecule has 8 heteroatoms. The first-order chi connectivity index (χ1) is 11.9. The zero-order valence-corrected chi connectivity index (χ0v) is 14.2. The van der Waals surface area contributed by atoms with Gasteiger partial charge in [0.05, 0.1) is 15.5 Å². The van der Waals surface area contributed by atoms with Crippen LogP contribution in [-0.4, -0.2) is 14.3 Å². The fourth-order valence-electron chi connectivity index (χ4n) is 2.09. The number of carbonyl (C=O) groups excluding carboxylic acids is 1. The maximum atomic E-state index is 13.6. The number of carbonyl (C=O) groups is 1. The lowest BCUT2D eigenvalue weighted by atomic mass is 10.2. The number of sulfone groups is 1. The van der Waals surface area contributed by atoms with E-state index in [0.717, 1.165) is 29.5 Å². The molecule has 0 saturated heterocycles. The van der Waals surface area contributed by atoms with Gasteiger partial charge in [-0.1, -0.05) is 12.1 Å². The molecule has 1 aromatic heterocycles. The third-order valence-corrected chi connectivity index (χ3v) is 6.59. The highest BCUT2D eigenvalue weighted by atomic mass is 32.2. The summed E-state index contributed by atoms with van der Waals surface area (Å²) in [6.07, 6.45) is 0. The van der Waals surface area contributed by atoms with E-state index in [0.29, 0.717) is 0 Å². The molecule has 0 atom stereocenters. The fourth-order valence-corrected chi connectivity index (χ4v) is 4.69. The van der Waals surface area contributed by atoms with Gasteiger partial charge < -0.3 is 5.32 Å². The van der Waals surface area contributed by atoms with Crippen LogP contribution in [0.2, 0.25) is 0 Å². The molecule has 128 valence electrons. The number of nitrogens with one attached hydrogen (secondary N) is 1. The average molecular weight is 379 g/mol. The topological polar surface area (TPSA) is 63.2 Å². The Balaban J connectivity index is 1.84. The molecule has 0 aliphatic rings. The van der Waals surface area contributed by atoms with Crippen molar-refractivity contribution in [1.82, 2.24) is 0 Å². The molecular weight excluding hydrogens is 368 g/mol. The summed E-state index contributed by atoms with van der Waals surface area (Å²) in [6, 6.07) is 12.7. The molecule has 2 aromatic carbocycles. The van der Waals surface area contributed by atoms with Crippen LogP contribution < -0.4 is 5.32 Å². The Bertz CT molecular complexity index is 1030. The Morgan fingerprint density at radius 1 is 0.920 bits per heavy atom. The van der Waals surface area contributed by atoms with Crippen molar-refractivity contribution in [2.24, 2.45) is 0 Å². The summed E-state index contributed by atoms with van der Waals surface area (Å²) in [7, 11) is -3.82. The Morgan fingerprint density at radius 3 is 2.28 bits per heavy atom. The van der Waals surface area contributed by atoms with Crippen LogP contribution in [0.25, 0.3) is 0 Å². The number of rotatable bonds is 4. The van der Waals surface area contributed by atoms with E-state index in [9.17, 15) is 22.0 Å². The quantitative estimate of drug-likeness (QED) is 0.694. The number of anilines is 1. The molecule has 0 saturated carbocycles. The number of benzene rings is 2. The second-order valence-electron chi connectivity index (χ2n) is 5.01. The number of amides is 1. The molecule has 1 amide bonds. The van der Waals surface area contributed by atoms with E-state index in [-0.39, 0.29) is 19.7 Å². The van der Waals surface area contributed by atoms with Crippen molar-refractivity contribution in [3.63, 3.8) is 0 Å². The third kappa shape index (κ3) is 3.59. The molecule has 1 N–H and O–H groups in total. The van der Waals surface area contributed by atoms with Gasteiger partial charge in [0.15, 0.2) is 0 Å². The van der Waals surface area contributed by atoms with Crippen LogP contribution >= 0.6 is 11.3 Å². The van der Waals surface area contributed by atoms with Crippen LogP contribution in [0, 0.1) is 11.6 Å². The number of thiophene rings is 1. The van der Waals surface area contributed by atoms with Crippen molar-refractivity contribution in [2.45, 2.75) is 9.10 Å². The van der Waals surface area contributed by atoms with Gasteiger partial charge in [-0.2, -0.15) is 0 Å². The maximum absolute atomic E-state index is 13.6. The predicted octanol–water partition coefficient (Wildman–Crippen LogP) is 4.11. The van der Waals surface area contributed by atoms with Gasteiger partial charge in [-0.25, -0.2) is 17.2 Å². The van der Waals surface area contributed by atoms with Crippen molar-refractivity contribution in [2.75, 3.05) is 5.32 Å². The van der Waals surface area contributed by atoms with Gasteiger partial charge >= 0.3 is 0 Å². The molecule has 0 spiro atoms. The Labute approximate surface area is 146 Å². The number of halogens is 2. The molecule has 0 fully saturated rings. The smallest absolute Gasteiger partial charge is 0.259 e. The summed E-state index contributed by atoms with van der Waals surface area (Å²) in [5.74, 6) is -1.88. The van der Waals surface area contributed by atoms with Crippen LogP contribution in [0.15, 0.2) is 69.8 Å². The highest BCUT2D eigenvalue weighted by molar-refractivity contribution is 7.93. The van der Waals surface area contributed by atoms with Crippen LogP contribution in [-0.2, 0) is 9.84 Å². The van der Waals surface area contributed by atoms with Gasteiger partial charge in [0.1, 0.15) is 15.8 Å². The molecule has 1 heterocycles. The van der Waals surface area contributed by atoms with E-state index in [1.54, 1.807) is 0 Å². The summed E-state index contributed by atoms with van der Waals surface area (Å²) in [5, 5.41) is 2.73. The molecule has 3 aromatic rings. The summed E-state index contributed by atoms with van der Waals surface area (Å²) < 4.78 is 51.5. The van der Waals surface area contributed by atoms with E-state index < -0.39 is 27.4 Å². The molecule has 0 bridgehead atoms. The first-order valence-electron chi connectivity index (χ1n) is 7.04. The van der Waals surface area contributed by atoms with Crippen molar-refractivity contribution in [3.05, 3.63) is 77.9 Å². The zero-order chi connectivity index (χ0) is 18.0. The summed E-state index contributed by atoms with van der Waals surface area (Å²) in [6.45, 7) is 0. The zero-order valence-electron chi connectivity index (χ0n) is 12.6. The van der Waals surface area contributed by atoms with Gasteiger partial charge in [-0.05, 0) is 48.5 Å². The largest absolute Gasteiger partial charge is 0.313 e. The molecule has 0 aliphatic carbocycles. The minimum Gasteiger partial charge on any atom is -0.313 e. The van der Waals surface area contributed by atoms with Gasteiger partial charge in [0, 0.05) is 0 Å². The maximum Gasteiger partial charge on any atom is 0.259 e. The molecule has 0 radical (unpaired) electrons. The van der Waals surface area contributed by atoms with Crippen molar-refractivity contribution in [3.8, 4) is 0 Å². The van der Waals surface area contributed by atoms with Crippen LogP contribution in [0.1, 0.15) is 10.4 Å². The van der Waals surface area contributed by atoms with Crippen LogP contribution in [0.5, 0.6) is 0 Å². The first-order valence-corrected chi connectivity index (χ1v) is 9.34. The molecule has 3 rings (SSSR count). The minimum absolute atomic E-state index is 0.0112. The van der Waals surface area contributed by atoms with Gasteiger partial charge in [-0.3, -0.25) is 4.79 Å². The van der Waals surface area contributed by atoms with E-state index in [4.69, 9.17) is 0 Å².